The van der Waals surface area contributed by atoms with Gasteiger partial charge in [-0.2, -0.15) is 0 Å². The number of rotatable bonds is 5. The van der Waals surface area contributed by atoms with Crippen LogP contribution in [0.4, 0.5) is 4.79 Å². The Hall–Kier alpha value is -2.13. The van der Waals surface area contributed by atoms with Crippen LogP contribution in [-0.4, -0.2) is 84.5 Å². The van der Waals surface area contributed by atoms with Crippen LogP contribution in [0.2, 0.25) is 0 Å². The van der Waals surface area contributed by atoms with Crippen molar-refractivity contribution in [1.82, 2.24) is 20.0 Å². The zero-order chi connectivity index (χ0) is 19.2. The van der Waals surface area contributed by atoms with E-state index < -0.39 is 6.04 Å². The normalized spacial score (nSPS) is 21.1. The Morgan fingerprint density at radius 3 is 2.63 bits per heavy atom. The number of amides is 3. The van der Waals surface area contributed by atoms with Gasteiger partial charge in [-0.15, -0.1) is 11.3 Å². The Morgan fingerprint density at radius 2 is 1.96 bits per heavy atom. The van der Waals surface area contributed by atoms with Gasteiger partial charge in [0, 0.05) is 50.7 Å². The van der Waals surface area contributed by atoms with Gasteiger partial charge in [0.25, 0.3) is 0 Å². The molecular weight excluding hydrogens is 368 g/mol. The van der Waals surface area contributed by atoms with Gasteiger partial charge in [0.1, 0.15) is 0 Å². The van der Waals surface area contributed by atoms with E-state index in [0.29, 0.717) is 45.9 Å². The van der Waals surface area contributed by atoms with Crippen molar-refractivity contribution in [3.63, 3.8) is 0 Å². The highest BCUT2D eigenvalue weighted by Gasteiger charge is 2.34. The van der Waals surface area contributed by atoms with E-state index in [0.717, 1.165) is 6.54 Å². The van der Waals surface area contributed by atoms with E-state index in [1.54, 1.807) is 28.1 Å². The molecule has 3 heterocycles. The average Bonchev–Trinajstić information content (AvgIpc) is 3.18. The lowest BCUT2D eigenvalue weighted by Crippen LogP contribution is -2.57. The summed E-state index contributed by atoms with van der Waals surface area (Å²) in [5, 5.41) is 4.89. The molecule has 2 aliphatic heterocycles. The van der Waals surface area contributed by atoms with Crippen molar-refractivity contribution in [2.45, 2.75) is 25.9 Å². The summed E-state index contributed by atoms with van der Waals surface area (Å²) in [6.07, 6.45) is -0.172. The molecular formula is C18H26N4O4S. The summed E-state index contributed by atoms with van der Waals surface area (Å²) < 4.78 is 5.00. The SMILES string of the molecule is CCOC(=O)N1CCN(C(=O)C[C@@H]2C(=O)NCCN2Cc2cccs2)CC1. The van der Waals surface area contributed by atoms with E-state index in [2.05, 4.69) is 10.2 Å². The van der Waals surface area contributed by atoms with Crippen molar-refractivity contribution in [2.75, 3.05) is 45.9 Å². The molecule has 2 saturated heterocycles. The third-order valence-corrected chi connectivity index (χ3v) is 5.77. The smallest absolute Gasteiger partial charge is 0.409 e. The van der Waals surface area contributed by atoms with Crippen LogP contribution < -0.4 is 5.32 Å². The van der Waals surface area contributed by atoms with E-state index in [1.807, 2.05) is 17.5 Å². The van der Waals surface area contributed by atoms with Gasteiger partial charge in [0.15, 0.2) is 0 Å². The predicted octanol–water partition coefficient (Wildman–Crippen LogP) is 0.739. The first-order valence-corrected chi connectivity index (χ1v) is 10.2. The molecule has 0 bridgehead atoms. The highest BCUT2D eigenvalue weighted by atomic mass is 32.1. The molecule has 3 rings (SSSR count). The molecule has 2 aliphatic rings. The summed E-state index contributed by atoms with van der Waals surface area (Å²) in [4.78, 5) is 43.5. The van der Waals surface area contributed by atoms with Gasteiger partial charge in [-0.1, -0.05) is 6.07 Å². The Morgan fingerprint density at radius 1 is 1.22 bits per heavy atom. The maximum atomic E-state index is 12.7. The molecule has 148 valence electrons. The van der Waals surface area contributed by atoms with Crippen molar-refractivity contribution in [3.05, 3.63) is 22.4 Å². The van der Waals surface area contributed by atoms with E-state index in [1.165, 1.54) is 4.88 Å². The monoisotopic (exact) mass is 394 g/mol. The summed E-state index contributed by atoms with van der Waals surface area (Å²) in [7, 11) is 0. The molecule has 1 aromatic rings. The van der Waals surface area contributed by atoms with Crippen LogP contribution in [0.15, 0.2) is 17.5 Å². The Balaban J connectivity index is 1.55. The Bertz CT molecular complexity index is 658. The van der Waals surface area contributed by atoms with Gasteiger partial charge < -0.3 is 19.9 Å². The molecule has 27 heavy (non-hydrogen) atoms. The molecule has 2 fully saturated rings. The Labute approximate surface area is 163 Å². The molecule has 8 nitrogen and oxygen atoms in total. The van der Waals surface area contributed by atoms with Gasteiger partial charge >= 0.3 is 6.09 Å². The molecule has 1 atom stereocenters. The molecule has 0 spiro atoms. The van der Waals surface area contributed by atoms with Crippen LogP contribution >= 0.6 is 11.3 Å². The van der Waals surface area contributed by atoms with E-state index in [4.69, 9.17) is 4.74 Å². The van der Waals surface area contributed by atoms with E-state index in [9.17, 15) is 14.4 Å². The molecule has 0 unspecified atom stereocenters. The van der Waals surface area contributed by atoms with Gasteiger partial charge in [0.2, 0.25) is 11.8 Å². The highest BCUT2D eigenvalue weighted by Crippen LogP contribution is 2.18. The largest absolute Gasteiger partial charge is 0.450 e. The number of hydrogen-bond donors (Lipinski definition) is 1. The summed E-state index contributed by atoms with van der Waals surface area (Å²) in [5.74, 6) is -0.131. The van der Waals surface area contributed by atoms with Crippen LogP contribution in [0, 0.1) is 0 Å². The number of nitrogens with one attached hydrogen (secondary N) is 1. The zero-order valence-corrected chi connectivity index (χ0v) is 16.4. The number of piperazine rings is 2. The first-order valence-electron chi connectivity index (χ1n) is 9.32. The van der Waals surface area contributed by atoms with Crippen molar-refractivity contribution in [3.8, 4) is 0 Å². The van der Waals surface area contributed by atoms with Gasteiger partial charge in [0.05, 0.1) is 19.1 Å². The first kappa shape index (κ1) is 19.6. The van der Waals surface area contributed by atoms with Crippen molar-refractivity contribution >= 4 is 29.2 Å². The minimum absolute atomic E-state index is 0.0447. The van der Waals surface area contributed by atoms with E-state index >= 15 is 0 Å². The topological polar surface area (TPSA) is 82.2 Å². The fourth-order valence-electron chi connectivity index (χ4n) is 3.42. The number of carbonyl (C=O) groups excluding carboxylic acids is 3. The van der Waals surface area contributed by atoms with Crippen LogP contribution in [0.5, 0.6) is 0 Å². The lowest BCUT2D eigenvalue weighted by atomic mass is 10.1. The second-order valence-electron chi connectivity index (χ2n) is 6.63. The molecule has 0 aromatic carbocycles. The lowest BCUT2D eigenvalue weighted by molar-refractivity contribution is -0.140. The molecule has 0 aliphatic carbocycles. The van der Waals surface area contributed by atoms with Gasteiger partial charge in [-0.05, 0) is 18.4 Å². The quantitative estimate of drug-likeness (QED) is 0.797. The third kappa shape index (κ3) is 4.98. The van der Waals surface area contributed by atoms with Crippen LogP contribution in [-0.2, 0) is 20.9 Å². The fourth-order valence-corrected chi connectivity index (χ4v) is 4.15. The first-order chi connectivity index (χ1) is 13.1. The van der Waals surface area contributed by atoms with Crippen molar-refractivity contribution in [1.29, 1.82) is 0 Å². The van der Waals surface area contributed by atoms with Gasteiger partial charge in [-0.3, -0.25) is 14.5 Å². The van der Waals surface area contributed by atoms with E-state index in [-0.39, 0.29) is 24.3 Å². The van der Waals surface area contributed by atoms with Crippen LogP contribution in [0.1, 0.15) is 18.2 Å². The molecule has 1 N–H and O–H groups in total. The zero-order valence-electron chi connectivity index (χ0n) is 15.6. The second-order valence-corrected chi connectivity index (χ2v) is 7.66. The fraction of sp³-hybridized carbons (Fsp3) is 0.611. The average molecular weight is 394 g/mol. The molecule has 0 radical (unpaired) electrons. The lowest BCUT2D eigenvalue weighted by Gasteiger charge is -2.37. The summed E-state index contributed by atoms with van der Waals surface area (Å²) in [6, 6.07) is 3.59. The highest BCUT2D eigenvalue weighted by molar-refractivity contribution is 7.09. The summed E-state index contributed by atoms with van der Waals surface area (Å²) in [5.41, 5.74) is 0. The predicted molar refractivity (Wildman–Crippen MR) is 101 cm³/mol. The summed E-state index contributed by atoms with van der Waals surface area (Å²) >= 11 is 1.66. The third-order valence-electron chi connectivity index (χ3n) is 4.91. The van der Waals surface area contributed by atoms with Crippen LogP contribution in [0.3, 0.4) is 0 Å². The van der Waals surface area contributed by atoms with Gasteiger partial charge in [-0.25, -0.2) is 4.79 Å². The molecule has 1 aromatic heterocycles. The number of thiophene rings is 1. The summed E-state index contributed by atoms with van der Waals surface area (Å²) in [6.45, 7) is 5.99. The Kier molecular flexibility index (Phi) is 6.68. The minimum atomic E-state index is -0.448. The molecule has 3 amide bonds. The minimum Gasteiger partial charge on any atom is -0.450 e. The number of carbonyl (C=O) groups is 3. The number of nitrogens with zero attached hydrogens (tertiary/aromatic N) is 3. The second kappa shape index (κ2) is 9.18. The van der Waals surface area contributed by atoms with Crippen molar-refractivity contribution < 1.29 is 19.1 Å². The molecule has 0 saturated carbocycles. The van der Waals surface area contributed by atoms with Crippen molar-refractivity contribution in [2.24, 2.45) is 0 Å². The maximum Gasteiger partial charge on any atom is 0.409 e. The number of ether oxygens (including phenoxy) is 1. The number of hydrogen-bond acceptors (Lipinski definition) is 6. The molecule has 9 heteroatoms. The maximum absolute atomic E-state index is 12.7. The van der Waals surface area contributed by atoms with Crippen LogP contribution in [0.25, 0.3) is 0 Å². The standard InChI is InChI=1S/C18H26N4O4S/c1-2-26-18(25)21-9-7-20(8-10-21)16(23)12-15-17(24)19-5-6-22(15)13-14-4-3-11-27-14/h3-4,11,15H,2,5-10,12-13H2,1H3,(H,19,24)/t15-/m1/s1.